The van der Waals surface area contributed by atoms with E-state index in [1.165, 1.54) is 0 Å². The fourth-order valence-electron chi connectivity index (χ4n) is 2.17. The normalized spacial score (nSPS) is 11.5. The number of para-hydroxylation sites is 1. The molecule has 2 aromatic carbocycles. The van der Waals surface area contributed by atoms with E-state index in [2.05, 4.69) is 9.98 Å². The third-order valence-corrected chi connectivity index (χ3v) is 3.81. The van der Waals surface area contributed by atoms with Gasteiger partial charge in [-0.15, -0.1) is 0 Å². The molecule has 2 N–H and O–H groups in total. The average Bonchev–Trinajstić information content (AvgIpc) is 2.77. The van der Waals surface area contributed by atoms with E-state index in [0.29, 0.717) is 22.2 Å². The monoisotopic (exact) mass is 318 g/mol. The summed E-state index contributed by atoms with van der Waals surface area (Å²) in [6.45, 7) is 0.426. The Labute approximate surface area is 131 Å². The molecule has 106 valence electrons. The smallest absolute Gasteiger partial charge is 0.198 e. The zero-order chi connectivity index (χ0) is 14.8. The number of rotatable bonds is 3. The summed E-state index contributed by atoms with van der Waals surface area (Å²) >= 11 is 12.0. The number of benzene rings is 2. The number of hydrogen-bond donors (Lipinski definition) is 2. The van der Waals surface area contributed by atoms with Crippen LogP contribution in [0.15, 0.2) is 47.5 Å². The van der Waals surface area contributed by atoms with E-state index in [1.807, 2.05) is 30.3 Å². The quantitative estimate of drug-likeness (QED) is 0.669. The van der Waals surface area contributed by atoms with Crippen molar-refractivity contribution in [1.29, 1.82) is 0 Å². The highest BCUT2D eigenvalue weighted by Crippen LogP contribution is 2.26. The van der Waals surface area contributed by atoms with Crippen LogP contribution >= 0.6 is 23.2 Å². The summed E-state index contributed by atoms with van der Waals surface area (Å²) in [6.07, 6.45) is 1.65. The molecule has 0 radical (unpaired) electrons. The maximum atomic E-state index is 9.93. The van der Waals surface area contributed by atoms with E-state index in [-0.39, 0.29) is 5.88 Å². The van der Waals surface area contributed by atoms with E-state index >= 15 is 0 Å². The van der Waals surface area contributed by atoms with Gasteiger partial charge < -0.3 is 10.1 Å². The van der Waals surface area contributed by atoms with Gasteiger partial charge in [-0.1, -0.05) is 47.5 Å². The molecule has 3 aromatic rings. The van der Waals surface area contributed by atoms with Crippen molar-refractivity contribution in [3.05, 3.63) is 63.6 Å². The van der Waals surface area contributed by atoms with E-state index in [1.54, 1.807) is 18.3 Å². The lowest BCUT2D eigenvalue weighted by atomic mass is 10.2. The van der Waals surface area contributed by atoms with Crippen molar-refractivity contribution < 1.29 is 5.11 Å². The minimum Gasteiger partial charge on any atom is -0.494 e. The lowest BCUT2D eigenvalue weighted by Gasteiger charge is -2.00. The van der Waals surface area contributed by atoms with Crippen molar-refractivity contribution in [1.82, 2.24) is 4.98 Å². The maximum absolute atomic E-state index is 9.93. The number of fused-ring (bicyclic) bond motifs is 1. The van der Waals surface area contributed by atoms with E-state index < -0.39 is 0 Å². The Kier molecular flexibility index (Phi) is 3.86. The minimum absolute atomic E-state index is 0.113. The van der Waals surface area contributed by atoms with Gasteiger partial charge in [0.2, 0.25) is 0 Å². The summed E-state index contributed by atoms with van der Waals surface area (Å²) in [5.74, 6) is 0.113. The molecule has 0 saturated heterocycles. The van der Waals surface area contributed by atoms with Crippen LogP contribution in [0, 0.1) is 0 Å². The number of aromatic hydroxyl groups is 1. The number of nitrogens with zero attached hydrogens (tertiary/aromatic N) is 1. The molecular formula is C16H12Cl2N2O. The number of hydrogen-bond acceptors (Lipinski definition) is 2. The van der Waals surface area contributed by atoms with Crippen LogP contribution in [0.5, 0.6) is 5.88 Å². The highest BCUT2D eigenvalue weighted by molar-refractivity contribution is 6.35. The second-order valence-corrected chi connectivity index (χ2v) is 5.48. The Hall–Kier alpha value is -1.97. The van der Waals surface area contributed by atoms with Crippen molar-refractivity contribution >= 4 is 40.3 Å². The zero-order valence-electron chi connectivity index (χ0n) is 11.0. The van der Waals surface area contributed by atoms with Crippen LogP contribution in [0.2, 0.25) is 10.0 Å². The maximum Gasteiger partial charge on any atom is 0.198 e. The lowest BCUT2D eigenvalue weighted by molar-refractivity contribution is 0.457. The molecule has 1 aromatic heterocycles. The van der Waals surface area contributed by atoms with E-state index in [4.69, 9.17) is 23.2 Å². The van der Waals surface area contributed by atoms with Crippen molar-refractivity contribution in [3.63, 3.8) is 0 Å². The number of aromatic amines is 1. The first-order valence-electron chi connectivity index (χ1n) is 6.38. The summed E-state index contributed by atoms with van der Waals surface area (Å²) in [6, 6.07) is 13.0. The summed E-state index contributed by atoms with van der Waals surface area (Å²) in [5.41, 5.74) is 2.44. The standard InChI is InChI=1S/C16H12Cl2N2O/c17-11-6-5-10(14(18)7-11)8-19-9-13-12-3-1-2-4-15(12)20-16(13)21/h1-7,9,20-21H,8H2. The zero-order valence-corrected chi connectivity index (χ0v) is 12.5. The van der Waals surface area contributed by atoms with Gasteiger partial charge in [-0.2, -0.15) is 0 Å². The van der Waals surface area contributed by atoms with Gasteiger partial charge >= 0.3 is 0 Å². The molecule has 0 unspecified atom stereocenters. The molecule has 0 spiro atoms. The first kappa shape index (κ1) is 14.0. The summed E-state index contributed by atoms with van der Waals surface area (Å²) in [4.78, 5) is 7.27. The van der Waals surface area contributed by atoms with Gasteiger partial charge in [0.15, 0.2) is 5.88 Å². The predicted molar refractivity (Wildman–Crippen MR) is 87.7 cm³/mol. The molecule has 3 rings (SSSR count). The van der Waals surface area contributed by atoms with Crippen LogP contribution in [-0.2, 0) is 6.54 Å². The van der Waals surface area contributed by atoms with Crippen LogP contribution < -0.4 is 0 Å². The van der Waals surface area contributed by atoms with Crippen LogP contribution in [0.25, 0.3) is 10.9 Å². The Morgan fingerprint density at radius 3 is 2.76 bits per heavy atom. The highest BCUT2D eigenvalue weighted by atomic mass is 35.5. The molecule has 0 fully saturated rings. The molecule has 21 heavy (non-hydrogen) atoms. The molecule has 0 saturated carbocycles. The molecule has 0 aliphatic heterocycles. The lowest BCUT2D eigenvalue weighted by Crippen LogP contribution is -1.86. The largest absolute Gasteiger partial charge is 0.494 e. The highest BCUT2D eigenvalue weighted by Gasteiger charge is 2.07. The third kappa shape index (κ3) is 2.89. The van der Waals surface area contributed by atoms with Gasteiger partial charge in [-0.05, 0) is 23.8 Å². The van der Waals surface area contributed by atoms with Crippen LogP contribution in [0.3, 0.4) is 0 Å². The van der Waals surface area contributed by atoms with Gasteiger partial charge in [0.1, 0.15) is 0 Å². The van der Waals surface area contributed by atoms with E-state index in [0.717, 1.165) is 16.5 Å². The van der Waals surface area contributed by atoms with Crippen molar-refractivity contribution in [3.8, 4) is 5.88 Å². The van der Waals surface area contributed by atoms with E-state index in [9.17, 15) is 5.11 Å². The van der Waals surface area contributed by atoms with Crippen molar-refractivity contribution in [2.24, 2.45) is 4.99 Å². The molecule has 0 aliphatic carbocycles. The number of H-pyrrole nitrogens is 1. The summed E-state index contributed by atoms with van der Waals surface area (Å²) in [7, 11) is 0. The van der Waals surface area contributed by atoms with Crippen LogP contribution in [0.1, 0.15) is 11.1 Å². The third-order valence-electron chi connectivity index (χ3n) is 3.22. The van der Waals surface area contributed by atoms with Crippen molar-refractivity contribution in [2.45, 2.75) is 6.54 Å². The first-order chi connectivity index (χ1) is 10.1. The average molecular weight is 319 g/mol. The second kappa shape index (κ2) is 5.80. The Morgan fingerprint density at radius 2 is 1.95 bits per heavy atom. The molecule has 1 heterocycles. The Bertz CT molecular complexity index is 824. The number of aromatic nitrogens is 1. The SMILES string of the molecule is Oc1[nH]c2ccccc2c1C=NCc1ccc(Cl)cc1Cl. The first-order valence-corrected chi connectivity index (χ1v) is 7.14. The Balaban J connectivity index is 1.86. The molecular weight excluding hydrogens is 307 g/mol. The van der Waals surface area contributed by atoms with Crippen LogP contribution in [0.4, 0.5) is 0 Å². The van der Waals surface area contributed by atoms with Crippen molar-refractivity contribution in [2.75, 3.05) is 0 Å². The molecule has 0 atom stereocenters. The fraction of sp³-hybridized carbons (Fsp3) is 0.0625. The van der Waals surface area contributed by atoms with Crippen LogP contribution in [-0.4, -0.2) is 16.3 Å². The molecule has 0 bridgehead atoms. The number of halogens is 2. The Morgan fingerprint density at radius 1 is 1.14 bits per heavy atom. The van der Waals surface area contributed by atoms with Gasteiger partial charge in [0.25, 0.3) is 0 Å². The molecule has 0 aliphatic rings. The second-order valence-electron chi connectivity index (χ2n) is 4.64. The molecule has 3 nitrogen and oxygen atoms in total. The molecule has 0 amide bonds. The minimum atomic E-state index is 0.113. The fourth-order valence-corrected chi connectivity index (χ4v) is 2.63. The van der Waals surface area contributed by atoms with Gasteiger partial charge in [-0.3, -0.25) is 4.99 Å². The number of aliphatic imine (C=N–C) groups is 1. The van der Waals surface area contributed by atoms with Gasteiger partial charge in [0.05, 0.1) is 12.1 Å². The summed E-state index contributed by atoms with van der Waals surface area (Å²) in [5, 5.41) is 12.0. The summed E-state index contributed by atoms with van der Waals surface area (Å²) < 4.78 is 0. The number of nitrogens with one attached hydrogen (secondary N) is 1. The van der Waals surface area contributed by atoms with Gasteiger partial charge in [0, 0.05) is 27.2 Å². The predicted octanol–water partition coefficient (Wildman–Crippen LogP) is 4.80. The molecule has 5 heteroatoms. The van der Waals surface area contributed by atoms with Gasteiger partial charge in [-0.25, -0.2) is 0 Å². The topological polar surface area (TPSA) is 48.4 Å².